The Hall–Kier alpha value is -0.500. The van der Waals surface area contributed by atoms with Crippen molar-refractivity contribution in [3.8, 4) is 0 Å². The number of carbonyl (C=O) groups is 1. The first-order chi connectivity index (χ1) is 23.4. The van der Waals surface area contributed by atoms with Crippen LogP contribution in [0, 0.1) is 0 Å². The molecule has 9 heteroatoms. The van der Waals surface area contributed by atoms with Crippen molar-refractivity contribution in [3.63, 3.8) is 0 Å². The minimum Gasteiger partial charge on any atom is -0.457 e. The van der Waals surface area contributed by atoms with Gasteiger partial charge in [-0.3, -0.25) is 13.8 Å². The van der Waals surface area contributed by atoms with Gasteiger partial charge in [-0.05, 0) is 12.8 Å². The summed E-state index contributed by atoms with van der Waals surface area (Å²) in [7, 11) is -4.26. The van der Waals surface area contributed by atoms with E-state index in [4.69, 9.17) is 24.3 Å². The largest absolute Gasteiger partial charge is 0.472 e. The molecule has 0 aliphatic rings. The van der Waals surface area contributed by atoms with E-state index in [-0.39, 0.29) is 32.3 Å². The van der Waals surface area contributed by atoms with E-state index in [1.807, 2.05) is 0 Å². The van der Waals surface area contributed by atoms with Gasteiger partial charge in [0.2, 0.25) is 0 Å². The number of hydrogen-bond acceptors (Lipinski definition) is 7. The van der Waals surface area contributed by atoms with Crippen LogP contribution in [0.3, 0.4) is 0 Å². The zero-order valence-electron chi connectivity index (χ0n) is 31.7. The van der Waals surface area contributed by atoms with E-state index in [0.29, 0.717) is 13.0 Å². The highest BCUT2D eigenvalue weighted by Crippen LogP contribution is 2.43. The summed E-state index contributed by atoms with van der Waals surface area (Å²) in [6, 6.07) is 0. The first-order valence-corrected chi connectivity index (χ1v) is 22.0. The molecular weight excluding hydrogens is 625 g/mol. The Balaban J connectivity index is 3.96. The predicted molar refractivity (Wildman–Crippen MR) is 201 cm³/mol. The van der Waals surface area contributed by atoms with Gasteiger partial charge in [-0.25, -0.2) is 4.57 Å². The van der Waals surface area contributed by atoms with Crippen molar-refractivity contribution < 1.29 is 32.8 Å². The third-order valence-corrected chi connectivity index (χ3v) is 10.0. The maximum atomic E-state index is 12.5. The second-order valence-electron chi connectivity index (χ2n) is 13.9. The van der Waals surface area contributed by atoms with Crippen LogP contribution in [-0.2, 0) is 27.9 Å². The Morgan fingerprint density at radius 2 is 0.917 bits per heavy atom. The van der Waals surface area contributed by atoms with Crippen molar-refractivity contribution >= 4 is 13.8 Å². The molecule has 0 spiro atoms. The van der Waals surface area contributed by atoms with Crippen LogP contribution < -0.4 is 5.73 Å². The van der Waals surface area contributed by atoms with Crippen molar-refractivity contribution in [3.05, 3.63) is 0 Å². The number of hydrogen-bond donors (Lipinski definition) is 2. The number of rotatable bonds is 40. The number of ether oxygens (including phenoxy) is 2. The number of unbranched alkanes of at least 4 members (excludes halogenated alkanes) is 27. The molecule has 3 N–H and O–H groups in total. The number of carbonyl (C=O) groups excluding carboxylic acids is 1. The summed E-state index contributed by atoms with van der Waals surface area (Å²) in [4.78, 5) is 22.4. The molecule has 288 valence electrons. The molecule has 0 fully saturated rings. The van der Waals surface area contributed by atoms with E-state index in [2.05, 4.69) is 13.8 Å². The summed E-state index contributed by atoms with van der Waals surface area (Å²) in [5.41, 5.74) is 5.36. The molecule has 0 aromatic heterocycles. The minimum atomic E-state index is -4.26. The second-order valence-corrected chi connectivity index (χ2v) is 15.3. The smallest absolute Gasteiger partial charge is 0.457 e. The number of phosphoric ester groups is 1. The van der Waals surface area contributed by atoms with Crippen LogP contribution in [0.5, 0.6) is 0 Å². The lowest BCUT2D eigenvalue weighted by molar-refractivity contribution is -0.154. The van der Waals surface area contributed by atoms with Gasteiger partial charge in [-0.1, -0.05) is 187 Å². The zero-order chi connectivity index (χ0) is 35.2. The first-order valence-electron chi connectivity index (χ1n) is 20.5. The standard InChI is InChI=1S/C39H80NO7P/c1-3-5-7-9-11-13-15-16-17-18-19-20-21-23-25-27-29-31-34-44-36-38(37-46-48(42,43)45-35-33-40)47-39(41)32-30-28-26-24-22-14-12-10-8-6-4-2/h38H,3-37,40H2,1-2H3,(H,42,43). The van der Waals surface area contributed by atoms with Gasteiger partial charge in [0.05, 0.1) is 19.8 Å². The third kappa shape index (κ3) is 36.8. The highest BCUT2D eigenvalue weighted by atomic mass is 31.2. The fraction of sp³-hybridized carbons (Fsp3) is 0.974. The Morgan fingerprint density at radius 3 is 1.31 bits per heavy atom. The Labute approximate surface area is 297 Å². The summed E-state index contributed by atoms with van der Waals surface area (Å²) in [6.45, 7) is 4.96. The fourth-order valence-corrected chi connectivity index (χ4v) is 6.76. The SMILES string of the molecule is CCCCCCCCCCCCCCCCCCCCOCC(COP(=O)(O)OCCN)OC(=O)CCCCCCCCCCCCC. The normalized spacial score (nSPS) is 13.5. The van der Waals surface area contributed by atoms with Crippen LogP contribution in [0.25, 0.3) is 0 Å². The highest BCUT2D eigenvalue weighted by molar-refractivity contribution is 7.47. The molecule has 48 heavy (non-hydrogen) atoms. The monoisotopic (exact) mass is 706 g/mol. The van der Waals surface area contributed by atoms with Gasteiger partial charge in [-0.2, -0.15) is 0 Å². The Bertz CT molecular complexity index is 712. The predicted octanol–water partition coefficient (Wildman–Crippen LogP) is 11.7. The van der Waals surface area contributed by atoms with Crippen LogP contribution >= 0.6 is 7.82 Å². The Morgan fingerprint density at radius 1 is 0.542 bits per heavy atom. The quantitative estimate of drug-likeness (QED) is 0.0367. The lowest BCUT2D eigenvalue weighted by Gasteiger charge is -2.20. The molecule has 0 bridgehead atoms. The molecule has 0 aromatic rings. The highest BCUT2D eigenvalue weighted by Gasteiger charge is 2.25. The number of phosphoric acid groups is 1. The van der Waals surface area contributed by atoms with Gasteiger partial charge < -0.3 is 20.1 Å². The lowest BCUT2D eigenvalue weighted by atomic mass is 10.0. The van der Waals surface area contributed by atoms with E-state index in [1.165, 1.54) is 154 Å². The van der Waals surface area contributed by atoms with Gasteiger partial charge in [0, 0.05) is 19.6 Å². The van der Waals surface area contributed by atoms with Gasteiger partial charge in [0.25, 0.3) is 0 Å². The van der Waals surface area contributed by atoms with Gasteiger partial charge in [-0.15, -0.1) is 0 Å². The van der Waals surface area contributed by atoms with Crippen molar-refractivity contribution in [2.75, 3.05) is 33.0 Å². The van der Waals surface area contributed by atoms with E-state index >= 15 is 0 Å². The summed E-state index contributed by atoms with van der Waals surface area (Å²) in [5, 5.41) is 0. The average Bonchev–Trinajstić information content (AvgIpc) is 3.07. The molecule has 0 aromatic carbocycles. The average molecular weight is 706 g/mol. The summed E-state index contributed by atoms with van der Waals surface area (Å²) < 4.78 is 33.3. The molecule has 2 atom stereocenters. The van der Waals surface area contributed by atoms with Crippen molar-refractivity contribution in [2.45, 2.75) is 213 Å². The molecule has 0 saturated heterocycles. The van der Waals surface area contributed by atoms with Crippen LogP contribution in [0.4, 0.5) is 0 Å². The van der Waals surface area contributed by atoms with Gasteiger partial charge >= 0.3 is 13.8 Å². The van der Waals surface area contributed by atoms with Crippen molar-refractivity contribution in [1.29, 1.82) is 0 Å². The third-order valence-electron chi connectivity index (χ3n) is 9.02. The lowest BCUT2D eigenvalue weighted by Crippen LogP contribution is -2.28. The van der Waals surface area contributed by atoms with Gasteiger partial charge in [0.15, 0.2) is 0 Å². The molecule has 0 radical (unpaired) electrons. The second kappa shape index (κ2) is 37.7. The molecular formula is C39H80NO7P. The number of esters is 1. The van der Waals surface area contributed by atoms with Crippen LogP contribution in [-0.4, -0.2) is 49.9 Å². The fourth-order valence-electron chi connectivity index (χ4n) is 6.00. The topological polar surface area (TPSA) is 117 Å². The molecule has 0 amide bonds. The molecule has 8 nitrogen and oxygen atoms in total. The maximum Gasteiger partial charge on any atom is 0.472 e. The summed E-state index contributed by atoms with van der Waals surface area (Å²) in [5.74, 6) is -0.327. The summed E-state index contributed by atoms with van der Waals surface area (Å²) in [6.07, 6.45) is 36.9. The molecule has 0 saturated carbocycles. The van der Waals surface area contributed by atoms with Gasteiger partial charge in [0.1, 0.15) is 6.10 Å². The maximum absolute atomic E-state index is 12.5. The van der Waals surface area contributed by atoms with Crippen LogP contribution in [0.2, 0.25) is 0 Å². The van der Waals surface area contributed by atoms with E-state index in [0.717, 1.165) is 32.1 Å². The van der Waals surface area contributed by atoms with Crippen molar-refractivity contribution in [2.24, 2.45) is 5.73 Å². The first kappa shape index (κ1) is 47.5. The van der Waals surface area contributed by atoms with Crippen molar-refractivity contribution in [1.82, 2.24) is 0 Å². The van der Waals surface area contributed by atoms with E-state index < -0.39 is 13.9 Å². The van der Waals surface area contributed by atoms with E-state index in [1.54, 1.807) is 0 Å². The Kier molecular flexibility index (Phi) is 37.4. The molecule has 0 rings (SSSR count). The number of nitrogens with two attached hydrogens (primary N) is 1. The van der Waals surface area contributed by atoms with Crippen LogP contribution in [0.15, 0.2) is 0 Å². The minimum absolute atomic E-state index is 0.0903. The molecule has 2 unspecified atom stereocenters. The summed E-state index contributed by atoms with van der Waals surface area (Å²) >= 11 is 0. The van der Waals surface area contributed by atoms with E-state index in [9.17, 15) is 14.3 Å². The van der Waals surface area contributed by atoms with Crippen LogP contribution in [0.1, 0.15) is 206 Å². The molecule has 0 aliphatic heterocycles. The molecule has 0 aliphatic carbocycles. The molecule has 0 heterocycles. The zero-order valence-corrected chi connectivity index (χ0v) is 32.6.